The predicted octanol–water partition coefficient (Wildman–Crippen LogP) is 3.80. The molecule has 11 nitrogen and oxygen atoms in total. The highest BCUT2D eigenvalue weighted by Gasteiger charge is 2.50. The smallest absolute Gasteiger partial charge is 0.276 e. The Bertz CT molecular complexity index is 1760. The number of hydroxylamine groups is 1. The Hall–Kier alpha value is -4.39. The van der Waals surface area contributed by atoms with Crippen LogP contribution in [0.2, 0.25) is 0 Å². The van der Waals surface area contributed by atoms with Crippen LogP contribution in [-0.4, -0.2) is 47.3 Å². The molecule has 0 bridgehead atoms. The maximum atomic E-state index is 14.0. The van der Waals surface area contributed by atoms with Crippen molar-refractivity contribution in [2.45, 2.75) is 37.1 Å². The zero-order valence-corrected chi connectivity index (χ0v) is 23.7. The molecule has 1 aliphatic heterocycles. The van der Waals surface area contributed by atoms with Gasteiger partial charge in [0, 0.05) is 18.0 Å². The summed E-state index contributed by atoms with van der Waals surface area (Å²) in [6.07, 6.45) is 0. The van der Waals surface area contributed by atoms with Crippen LogP contribution in [0.5, 0.6) is 17.2 Å². The zero-order valence-electron chi connectivity index (χ0n) is 22.9. The molecule has 3 N–H and O–H groups in total. The summed E-state index contributed by atoms with van der Waals surface area (Å²) in [5.41, 5.74) is 1.85. The minimum atomic E-state index is -4.34. The summed E-state index contributed by atoms with van der Waals surface area (Å²) in [7, 11) is -2.78. The number of hydrogen-bond acceptors (Lipinski definition) is 7. The van der Waals surface area contributed by atoms with Crippen molar-refractivity contribution in [3.63, 3.8) is 0 Å². The van der Waals surface area contributed by atoms with Crippen LogP contribution < -0.4 is 20.5 Å². The van der Waals surface area contributed by atoms with Gasteiger partial charge in [-0.1, -0.05) is 32.0 Å². The predicted molar refractivity (Wildman–Crippen MR) is 150 cm³/mol. The van der Waals surface area contributed by atoms with Gasteiger partial charge < -0.3 is 9.47 Å². The van der Waals surface area contributed by atoms with Crippen molar-refractivity contribution in [2.24, 2.45) is 0 Å². The number of carbonyl (C=O) groups is 1. The summed E-state index contributed by atoms with van der Waals surface area (Å²) < 4.78 is 41.4. The van der Waals surface area contributed by atoms with Crippen LogP contribution >= 0.6 is 0 Å². The van der Waals surface area contributed by atoms with E-state index >= 15 is 0 Å². The van der Waals surface area contributed by atoms with E-state index in [-0.39, 0.29) is 17.0 Å². The van der Waals surface area contributed by atoms with Crippen LogP contribution in [0.15, 0.2) is 82.5 Å². The first-order valence-corrected chi connectivity index (χ1v) is 14.2. The minimum absolute atomic E-state index is 0.0615. The fraction of sp³-hybridized carbons (Fsp3) is 0.241. The Labute approximate surface area is 236 Å². The Kier molecular flexibility index (Phi) is 7.24. The Morgan fingerprint density at radius 2 is 1.68 bits per heavy atom. The van der Waals surface area contributed by atoms with Crippen molar-refractivity contribution in [2.75, 3.05) is 13.7 Å². The van der Waals surface area contributed by atoms with E-state index in [9.17, 15) is 23.2 Å². The first-order valence-electron chi connectivity index (χ1n) is 12.8. The van der Waals surface area contributed by atoms with Crippen molar-refractivity contribution in [1.29, 1.82) is 0 Å². The van der Waals surface area contributed by atoms with Crippen LogP contribution in [0, 0.1) is 6.92 Å². The molecule has 0 aliphatic carbocycles. The number of carbonyl (C=O) groups excluding carboxylic acids is 1. The number of rotatable bonds is 7. The molecule has 1 amide bonds. The molecule has 214 valence electrons. The number of nitrogens with one attached hydrogen (secondary N) is 2. The highest BCUT2D eigenvalue weighted by Crippen LogP contribution is 2.41. The number of benzene rings is 3. The average Bonchev–Trinajstić information content (AvgIpc) is 3.31. The summed E-state index contributed by atoms with van der Waals surface area (Å²) in [6, 6.07) is 18.2. The third-order valence-corrected chi connectivity index (χ3v) is 8.84. The highest BCUT2D eigenvalue weighted by molar-refractivity contribution is 7.89. The standard InChI is InChI=1S/C29H30N4O7S/c1-18-14-21(39-4)16-22(15-18)40-20-10-12-23(13-11-20)41(37,38)32-17-29(2,3)26-24(25(32)27(34)31-36)28(35)33(30-26)19-8-6-5-7-9-19/h5-16,25,30,36H,17H2,1-4H3,(H,31,34)/t25-/m1/s1. The van der Waals surface area contributed by atoms with E-state index in [4.69, 9.17) is 9.47 Å². The number of aryl methyl sites for hydroxylation is 1. The maximum absolute atomic E-state index is 14.0. The van der Waals surface area contributed by atoms with Gasteiger partial charge in [0.05, 0.1) is 29.0 Å². The molecular formula is C29H30N4O7S. The molecule has 0 saturated heterocycles. The van der Waals surface area contributed by atoms with Crippen molar-refractivity contribution in [3.05, 3.63) is 100.0 Å². The van der Waals surface area contributed by atoms with E-state index in [1.165, 1.54) is 28.9 Å². The number of methoxy groups -OCH3 is 1. The van der Waals surface area contributed by atoms with E-state index in [1.807, 2.05) is 19.1 Å². The van der Waals surface area contributed by atoms with Crippen LogP contribution in [0.3, 0.4) is 0 Å². The molecule has 0 unspecified atom stereocenters. The van der Waals surface area contributed by atoms with E-state index in [2.05, 4.69) is 5.10 Å². The molecule has 1 atom stereocenters. The number of aromatic amines is 1. The van der Waals surface area contributed by atoms with Gasteiger partial charge in [-0.3, -0.25) is 19.9 Å². The number of H-pyrrole nitrogens is 1. The molecule has 0 spiro atoms. The third kappa shape index (κ3) is 5.12. The number of para-hydroxylation sites is 1. The van der Waals surface area contributed by atoms with Crippen molar-refractivity contribution < 1.29 is 27.9 Å². The van der Waals surface area contributed by atoms with Gasteiger partial charge in [0.15, 0.2) is 0 Å². The third-order valence-electron chi connectivity index (χ3n) is 7.01. The maximum Gasteiger partial charge on any atom is 0.276 e. The number of amides is 1. The van der Waals surface area contributed by atoms with Gasteiger partial charge in [0.2, 0.25) is 10.0 Å². The summed E-state index contributed by atoms with van der Waals surface area (Å²) in [5, 5.41) is 12.6. The van der Waals surface area contributed by atoms with Crippen LogP contribution in [0.4, 0.5) is 0 Å². The summed E-state index contributed by atoms with van der Waals surface area (Å²) in [4.78, 5) is 26.5. The number of hydrogen-bond donors (Lipinski definition) is 3. The quantitative estimate of drug-likeness (QED) is 0.224. The van der Waals surface area contributed by atoms with Gasteiger partial charge in [-0.2, -0.15) is 4.31 Å². The second-order valence-electron chi connectivity index (χ2n) is 10.4. The number of ether oxygens (including phenoxy) is 2. The molecule has 4 aromatic rings. The van der Waals surface area contributed by atoms with Gasteiger partial charge in [-0.05, 0) is 61.0 Å². The number of sulfonamides is 1. The Balaban J connectivity index is 1.54. The number of nitrogens with zero attached hydrogens (tertiary/aromatic N) is 2. The molecule has 12 heteroatoms. The summed E-state index contributed by atoms with van der Waals surface area (Å²) in [5.74, 6) is 0.481. The molecule has 0 saturated carbocycles. The minimum Gasteiger partial charge on any atom is -0.497 e. The van der Waals surface area contributed by atoms with Gasteiger partial charge in [-0.15, -0.1) is 0 Å². The van der Waals surface area contributed by atoms with Gasteiger partial charge in [-0.25, -0.2) is 18.6 Å². The molecule has 5 rings (SSSR count). The summed E-state index contributed by atoms with van der Waals surface area (Å²) in [6.45, 7) is 5.31. The van der Waals surface area contributed by atoms with Crippen LogP contribution in [0.25, 0.3) is 5.69 Å². The Morgan fingerprint density at radius 1 is 1.02 bits per heavy atom. The van der Waals surface area contributed by atoms with Crippen LogP contribution in [-0.2, 0) is 20.2 Å². The van der Waals surface area contributed by atoms with Gasteiger partial charge in [0.1, 0.15) is 23.3 Å². The molecule has 0 radical (unpaired) electrons. The SMILES string of the molecule is COc1cc(C)cc(Oc2ccc(S(=O)(=O)N3CC(C)(C)c4[nH]n(-c5ccccc5)c(=O)c4[C@@H]3C(=O)NO)cc2)c1. The van der Waals surface area contributed by atoms with E-state index in [1.54, 1.807) is 62.8 Å². The first-order chi connectivity index (χ1) is 19.5. The lowest BCUT2D eigenvalue weighted by atomic mass is 9.81. The molecular weight excluding hydrogens is 548 g/mol. The van der Waals surface area contributed by atoms with Crippen molar-refractivity contribution in [1.82, 2.24) is 19.6 Å². The summed E-state index contributed by atoms with van der Waals surface area (Å²) >= 11 is 0. The molecule has 41 heavy (non-hydrogen) atoms. The molecule has 3 aromatic carbocycles. The fourth-order valence-corrected chi connectivity index (χ4v) is 6.79. The molecule has 1 aliphatic rings. The molecule has 2 heterocycles. The van der Waals surface area contributed by atoms with E-state index in [0.717, 1.165) is 9.87 Å². The molecule has 1 aromatic heterocycles. The van der Waals surface area contributed by atoms with E-state index < -0.39 is 32.9 Å². The zero-order chi connectivity index (χ0) is 29.5. The Morgan fingerprint density at radius 3 is 2.32 bits per heavy atom. The lowest BCUT2D eigenvalue weighted by molar-refractivity contribution is -0.134. The van der Waals surface area contributed by atoms with Crippen LogP contribution in [0.1, 0.15) is 36.7 Å². The number of aromatic nitrogens is 2. The number of fused-ring (bicyclic) bond motifs is 1. The lowest BCUT2D eigenvalue weighted by Gasteiger charge is -2.40. The second-order valence-corrected chi connectivity index (χ2v) is 12.3. The first kappa shape index (κ1) is 28.1. The lowest BCUT2D eigenvalue weighted by Crippen LogP contribution is -2.53. The molecule has 0 fully saturated rings. The monoisotopic (exact) mass is 578 g/mol. The van der Waals surface area contributed by atoms with Gasteiger partial charge in [0.25, 0.3) is 11.5 Å². The largest absolute Gasteiger partial charge is 0.497 e. The average molecular weight is 579 g/mol. The normalized spacial score (nSPS) is 16.6. The van der Waals surface area contributed by atoms with Crippen molar-refractivity contribution >= 4 is 15.9 Å². The topological polar surface area (TPSA) is 143 Å². The fourth-order valence-electron chi connectivity index (χ4n) is 5.07. The van der Waals surface area contributed by atoms with Gasteiger partial charge >= 0.3 is 0 Å². The second kappa shape index (κ2) is 10.5. The van der Waals surface area contributed by atoms with Crippen molar-refractivity contribution in [3.8, 4) is 22.9 Å². The highest BCUT2D eigenvalue weighted by atomic mass is 32.2. The van der Waals surface area contributed by atoms with E-state index in [0.29, 0.717) is 28.6 Å².